The number of carboxylic acids is 2. The minimum Gasteiger partial charge on any atom is -0.492 e. The zero-order valence-corrected chi connectivity index (χ0v) is 28.5. The van der Waals surface area contributed by atoms with E-state index in [1.54, 1.807) is 0 Å². The third-order valence-corrected chi connectivity index (χ3v) is 10.1. The van der Waals surface area contributed by atoms with E-state index in [2.05, 4.69) is 0 Å². The van der Waals surface area contributed by atoms with Gasteiger partial charge in [0, 0.05) is 12.8 Å². The summed E-state index contributed by atoms with van der Waals surface area (Å²) in [5.74, 6) is -0.623. The molecule has 250 valence electrons. The smallest absolute Gasteiger partial charge is 0.350 e. The van der Waals surface area contributed by atoms with Crippen LogP contribution in [0.3, 0.4) is 0 Å². The maximum absolute atomic E-state index is 12.3. The summed E-state index contributed by atoms with van der Waals surface area (Å²) in [6.45, 7) is 3.12. The summed E-state index contributed by atoms with van der Waals surface area (Å²) >= 11 is 2.71. The van der Waals surface area contributed by atoms with Crippen LogP contribution < -0.4 is 9.47 Å². The van der Waals surface area contributed by atoms with Crippen molar-refractivity contribution in [2.24, 2.45) is 0 Å². The Morgan fingerprint density at radius 1 is 0.711 bits per heavy atom. The molecule has 2 N–H and O–H groups in total. The van der Waals surface area contributed by atoms with Gasteiger partial charge in [-0.2, -0.15) is 5.26 Å². The van der Waals surface area contributed by atoms with Gasteiger partial charge in [0.25, 0.3) is 0 Å². The van der Waals surface area contributed by atoms with Gasteiger partial charge in [-0.05, 0) is 44.2 Å². The Hall–Kier alpha value is -2.84. The van der Waals surface area contributed by atoms with Gasteiger partial charge in [-0.25, -0.2) is 4.79 Å². The van der Waals surface area contributed by atoms with Gasteiger partial charge >= 0.3 is 17.9 Å². The second-order valence-electron chi connectivity index (χ2n) is 11.3. The van der Waals surface area contributed by atoms with Gasteiger partial charge in [0.1, 0.15) is 17.6 Å². The second kappa shape index (κ2) is 22.6. The summed E-state index contributed by atoms with van der Waals surface area (Å²) in [5.41, 5.74) is 0.920. The molecule has 0 aliphatic carbocycles. The van der Waals surface area contributed by atoms with Crippen molar-refractivity contribution >= 4 is 41.4 Å². The van der Waals surface area contributed by atoms with Gasteiger partial charge in [0.15, 0.2) is 5.57 Å². The predicted molar refractivity (Wildman–Crippen MR) is 177 cm³/mol. The molecule has 1 aliphatic rings. The average molecular weight is 664 g/mol. The van der Waals surface area contributed by atoms with E-state index in [1.807, 2.05) is 19.1 Å². The third kappa shape index (κ3) is 14.9. The van der Waals surface area contributed by atoms with Gasteiger partial charge in [-0.15, -0.1) is 0 Å². The first-order chi connectivity index (χ1) is 21.8. The average Bonchev–Trinajstić information content (AvgIpc) is 3.44. The number of hydrogen-bond acceptors (Lipinski definition) is 9. The molecule has 0 saturated carbocycles. The lowest BCUT2D eigenvalue weighted by molar-refractivity contribution is -0.138. The Morgan fingerprint density at radius 3 is 1.62 bits per heavy atom. The van der Waals surface area contributed by atoms with Gasteiger partial charge in [-0.1, -0.05) is 101 Å². The highest BCUT2D eigenvalue weighted by molar-refractivity contribution is 8.24. The number of fused-ring (bicyclic) bond motifs is 1. The van der Waals surface area contributed by atoms with Crippen LogP contribution >= 0.6 is 23.5 Å². The zero-order chi connectivity index (χ0) is 32.9. The number of esters is 1. The number of carboxylic acid groups (broad SMARTS) is 2. The molecule has 0 aromatic heterocycles. The van der Waals surface area contributed by atoms with Crippen molar-refractivity contribution in [2.45, 2.75) is 132 Å². The Kier molecular flexibility index (Phi) is 19.3. The number of ether oxygens (including phenoxy) is 3. The van der Waals surface area contributed by atoms with Crippen LogP contribution in [0.25, 0.3) is 0 Å². The van der Waals surface area contributed by atoms with Crippen LogP contribution in [-0.4, -0.2) is 48.4 Å². The van der Waals surface area contributed by atoms with E-state index in [-0.39, 0.29) is 18.4 Å². The largest absolute Gasteiger partial charge is 0.492 e. The normalized spacial score (nSPS) is 13.2. The number of hydrogen-bond donors (Lipinski definition) is 2. The van der Waals surface area contributed by atoms with Crippen molar-refractivity contribution in [3.8, 4) is 17.6 Å². The SMILES string of the molecule is COC(=O)/C(C#N)=C1/Sc2c(OCCCCCCCCCCC(=O)O)cc(C)c(OCCCCCCCCCCC(=O)O)c2S1. The molecule has 1 aliphatic heterocycles. The first-order valence-corrected chi connectivity index (χ1v) is 17.9. The molecule has 11 heteroatoms. The Labute approximate surface area is 276 Å². The molecule has 0 radical (unpaired) electrons. The highest BCUT2D eigenvalue weighted by Crippen LogP contribution is 2.59. The van der Waals surface area contributed by atoms with E-state index in [0.29, 0.717) is 17.5 Å². The van der Waals surface area contributed by atoms with Gasteiger partial charge in [0.05, 0.1) is 34.4 Å². The van der Waals surface area contributed by atoms with E-state index in [4.69, 9.17) is 24.4 Å². The second-order valence-corrected chi connectivity index (χ2v) is 13.6. The van der Waals surface area contributed by atoms with E-state index >= 15 is 0 Å². The van der Waals surface area contributed by atoms with Crippen LogP contribution in [0.15, 0.2) is 25.7 Å². The topological polar surface area (TPSA) is 143 Å². The summed E-state index contributed by atoms with van der Waals surface area (Å²) < 4.78 is 17.9. The maximum Gasteiger partial charge on any atom is 0.350 e. The van der Waals surface area contributed by atoms with Crippen LogP contribution in [0.5, 0.6) is 11.5 Å². The number of carbonyl (C=O) groups excluding carboxylic acids is 1. The maximum atomic E-state index is 12.3. The van der Waals surface area contributed by atoms with Crippen LogP contribution in [0, 0.1) is 18.3 Å². The van der Waals surface area contributed by atoms with Gasteiger partial charge in [-0.3, -0.25) is 9.59 Å². The van der Waals surface area contributed by atoms with Crippen molar-refractivity contribution in [3.63, 3.8) is 0 Å². The first-order valence-electron chi connectivity index (χ1n) is 16.2. The molecule has 0 unspecified atom stereocenters. The fraction of sp³-hybridized carbons (Fsp3) is 0.647. The molecule has 1 aromatic rings. The lowest BCUT2D eigenvalue weighted by Crippen LogP contribution is -2.03. The van der Waals surface area contributed by atoms with Crippen LogP contribution in [0.1, 0.15) is 121 Å². The zero-order valence-electron chi connectivity index (χ0n) is 26.8. The quantitative estimate of drug-likeness (QED) is 0.0447. The van der Waals surface area contributed by atoms with Gasteiger partial charge in [0.2, 0.25) is 0 Å². The molecule has 0 saturated heterocycles. The minimum absolute atomic E-state index is 0.0239. The van der Waals surface area contributed by atoms with Gasteiger partial charge < -0.3 is 24.4 Å². The number of rotatable bonds is 25. The summed E-state index contributed by atoms with van der Waals surface area (Å²) in [6, 6.07) is 3.98. The fourth-order valence-corrected chi connectivity index (χ4v) is 7.68. The van der Waals surface area contributed by atoms with Crippen LogP contribution in [-0.2, 0) is 19.1 Å². The van der Waals surface area contributed by atoms with E-state index < -0.39 is 17.9 Å². The summed E-state index contributed by atoms with van der Waals surface area (Å²) in [4.78, 5) is 35.2. The number of aliphatic carboxylic acids is 2. The van der Waals surface area contributed by atoms with E-state index in [0.717, 1.165) is 130 Å². The third-order valence-electron chi connectivity index (χ3n) is 7.51. The molecular formula is C34H49NO8S2. The summed E-state index contributed by atoms with van der Waals surface area (Å²) in [6.07, 6.45) is 16.7. The fourth-order valence-electron chi connectivity index (χ4n) is 5.02. The van der Waals surface area contributed by atoms with Crippen LogP contribution in [0.4, 0.5) is 0 Å². The predicted octanol–water partition coefficient (Wildman–Crippen LogP) is 9.05. The minimum atomic E-state index is -0.724. The van der Waals surface area contributed by atoms with Crippen molar-refractivity contribution in [2.75, 3.05) is 20.3 Å². The standard InChI is InChI=1S/C34H49NO8S2/c1-25-23-27(42-21-17-13-9-5-3-7-11-15-19-28(36)37)31-32(45-34(44-31)26(24-35)33(40)41-2)30(25)43-22-18-14-10-6-4-8-12-16-20-29(38)39/h23H,3-22H2,1-2H3,(H,36,37)(H,38,39)/b34-26-. The lowest BCUT2D eigenvalue weighted by atomic mass is 10.1. The molecule has 1 aromatic carbocycles. The molecule has 1 heterocycles. The molecule has 0 spiro atoms. The lowest BCUT2D eigenvalue weighted by Gasteiger charge is -2.16. The number of unbranched alkanes of at least 4 members (excludes halogenated alkanes) is 14. The summed E-state index contributed by atoms with van der Waals surface area (Å²) in [5, 5.41) is 27.1. The molecular weight excluding hydrogens is 615 g/mol. The highest BCUT2D eigenvalue weighted by atomic mass is 32.2. The highest BCUT2D eigenvalue weighted by Gasteiger charge is 2.32. The van der Waals surface area contributed by atoms with E-state index in [9.17, 15) is 19.6 Å². The van der Waals surface area contributed by atoms with Crippen molar-refractivity contribution in [1.29, 1.82) is 5.26 Å². The molecule has 2 rings (SSSR count). The summed E-state index contributed by atoms with van der Waals surface area (Å²) in [7, 11) is 1.27. The number of benzene rings is 1. The van der Waals surface area contributed by atoms with E-state index in [1.165, 1.54) is 30.6 Å². The number of thioether (sulfide) groups is 2. The molecule has 0 fully saturated rings. The Balaban J connectivity index is 1.88. The number of nitriles is 1. The van der Waals surface area contributed by atoms with Crippen molar-refractivity contribution in [1.82, 2.24) is 0 Å². The number of nitrogens with zero attached hydrogens (tertiary/aromatic N) is 1. The number of methoxy groups -OCH3 is 1. The van der Waals surface area contributed by atoms with Crippen LogP contribution in [0.2, 0.25) is 0 Å². The molecule has 0 atom stereocenters. The first kappa shape index (κ1) is 38.3. The molecule has 45 heavy (non-hydrogen) atoms. The number of carbonyl (C=O) groups is 3. The molecule has 9 nitrogen and oxygen atoms in total. The Morgan fingerprint density at radius 2 is 1.16 bits per heavy atom. The van der Waals surface area contributed by atoms with Crippen molar-refractivity contribution in [3.05, 3.63) is 21.4 Å². The molecule has 0 bridgehead atoms. The van der Waals surface area contributed by atoms with Crippen molar-refractivity contribution < 1.29 is 38.8 Å². The Bertz CT molecular complexity index is 1180. The monoisotopic (exact) mass is 663 g/mol. The number of aryl methyl sites for hydroxylation is 1. The molecule has 0 amide bonds.